The van der Waals surface area contributed by atoms with E-state index in [1.807, 2.05) is 0 Å². The zero-order valence-electron chi connectivity index (χ0n) is 2.75. The van der Waals surface area contributed by atoms with Gasteiger partial charge in [0.15, 0.2) is 0 Å². The van der Waals surface area contributed by atoms with Gasteiger partial charge < -0.3 is 0 Å². The Morgan fingerprint density at radius 2 is 2.33 bits per heavy atom. The summed E-state index contributed by atoms with van der Waals surface area (Å²) in [4.78, 5) is 0. The fourth-order valence-corrected chi connectivity index (χ4v) is 0.129. The first-order chi connectivity index (χ1) is 2.50. The molecule has 0 saturated heterocycles. The molecule has 1 aromatic rings. The summed E-state index contributed by atoms with van der Waals surface area (Å²) in [5.74, 6) is 0. The summed E-state index contributed by atoms with van der Waals surface area (Å²) in [7, 11) is 0. The summed E-state index contributed by atoms with van der Waals surface area (Å²) in [6.45, 7) is 0. The molecule has 0 bridgehead atoms. The molecule has 6 heavy (non-hydrogen) atoms. The molecule has 5 heteroatoms. The number of H-pyrrole nitrogens is 1. The van der Waals surface area contributed by atoms with Gasteiger partial charge in [0.25, 0.3) is 0 Å². The molecule has 0 spiro atoms. The fourth-order valence-electron chi connectivity index (χ4n) is 0.129. The third kappa shape index (κ3) is 1.13. The van der Waals surface area contributed by atoms with E-state index in [0.717, 1.165) is 0 Å². The summed E-state index contributed by atoms with van der Waals surface area (Å²) in [5.41, 5.74) is 0. The van der Waals surface area contributed by atoms with Crippen molar-refractivity contribution in [1.82, 2.24) is 20.6 Å². The summed E-state index contributed by atoms with van der Waals surface area (Å²) < 4.78 is 0. The number of nitrogens with one attached hydrogen (secondary N) is 1. The molecule has 0 aliphatic rings. The van der Waals surface area contributed by atoms with Gasteiger partial charge in [-0.15, -0.1) is 5.10 Å². The summed E-state index contributed by atoms with van der Waals surface area (Å²) in [5, 5.41) is 12.1. The Morgan fingerprint density at radius 1 is 1.50 bits per heavy atom. The number of rotatable bonds is 0. The molecule has 0 aromatic carbocycles. The molecule has 1 N–H and O–H groups in total. The first-order valence-corrected chi connectivity index (χ1v) is 1.17. The van der Waals surface area contributed by atoms with Crippen molar-refractivity contribution < 1.29 is 16.8 Å². The molecule has 1 radical (unpaired) electrons. The maximum atomic E-state index is 3.31. The van der Waals surface area contributed by atoms with Gasteiger partial charge in [0.05, 0.1) is 0 Å². The second-order valence-corrected chi connectivity index (χ2v) is 0.563. The Balaban J connectivity index is 0.000000250. The third-order valence-electron chi connectivity index (χ3n) is 0.270. The van der Waals surface area contributed by atoms with Crippen molar-refractivity contribution >= 4 is 0 Å². The zero-order valence-corrected chi connectivity index (χ0v) is 3.79. The van der Waals surface area contributed by atoms with Crippen LogP contribution in [-0.4, -0.2) is 20.6 Å². The van der Waals surface area contributed by atoms with Crippen molar-refractivity contribution in [2.75, 3.05) is 0 Å². The maximum Gasteiger partial charge on any atom is 0.135 e. The first-order valence-electron chi connectivity index (χ1n) is 1.17. The van der Waals surface area contributed by atoms with E-state index in [9.17, 15) is 0 Å². The molecule has 4 nitrogen and oxygen atoms in total. The van der Waals surface area contributed by atoms with Crippen LogP contribution in [0.5, 0.6) is 0 Å². The average Bonchev–Trinajstić information content (AvgIpc) is 1.76. The van der Waals surface area contributed by atoms with Gasteiger partial charge in [0.1, 0.15) is 6.33 Å². The largest absolute Gasteiger partial charge is 0.246 e. The van der Waals surface area contributed by atoms with Crippen LogP contribution in [0.1, 0.15) is 0 Å². The van der Waals surface area contributed by atoms with E-state index in [4.69, 9.17) is 0 Å². The van der Waals surface area contributed by atoms with Crippen LogP contribution in [0.4, 0.5) is 0 Å². The van der Waals surface area contributed by atoms with Crippen molar-refractivity contribution in [2.45, 2.75) is 0 Å². The van der Waals surface area contributed by atoms with Gasteiger partial charge in [-0.3, -0.25) is 0 Å². The zero-order chi connectivity index (χ0) is 3.54. The SMILES string of the molecule is [Co].c1nnn[nH]1. The molecule has 1 heterocycles. The monoisotopic (exact) mass is 129 g/mol. The Labute approximate surface area is 44.5 Å². The van der Waals surface area contributed by atoms with Gasteiger partial charge in [-0.25, -0.2) is 5.10 Å². The molecule has 1 rings (SSSR count). The van der Waals surface area contributed by atoms with Crippen LogP contribution >= 0.6 is 0 Å². The van der Waals surface area contributed by atoms with Crippen molar-refractivity contribution in [3.8, 4) is 0 Å². The number of hydrogen-bond donors (Lipinski definition) is 1. The Morgan fingerprint density at radius 3 is 2.50 bits per heavy atom. The van der Waals surface area contributed by atoms with Gasteiger partial charge in [0.2, 0.25) is 0 Å². The third-order valence-corrected chi connectivity index (χ3v) is 0.270. The predicted molar refractivity (Wildman–Crippen MR) is 14.2 cm³/mol. The number of tetrazole rings is 1. The van der Waals surface area contributed by atoms with Gasteiger partial charge in [0, 0.05) is 16.8 Å². The van der Waals surface area contributed by atoms with Crippen LogP contribution in [-0.2, 0) is 16.8 Å². The number of nitrogens with zero attached hydrogens (tertiary/aromatic N) is 3. The Hall–Kier alpha value is -0.424. The van der Waals surface area contributed by atoms with Crippen molar-refractivity contribution in [3.63, 3.8) is 0 Å². The molecule has 0 amide bonds. The fraction of sp³-hybridized carbons (Fsp3) is 0. The molecular formula is CH2CoN4. The maximum absolute atomic E-state index is 3.31. The van der Waals surface area contributed by atoms with E-state index in [2.05, 4.69) is 20.6 Å². The van der Waals surface area contributed by atoms with E-state index in [0.29, 0.717) is 0 Å². The molecule has 1 aromatic heterocycles. The standard InChI is InChI=1S/CH2N4.Co/c1-2-4-5-3-1;/h1H,(H,2,3,4,5);. The van der Waals surface area contributed by atoms with Crippen LogP contribution in [0.2, 0.25) is 0 Å². The van der Waals surface area contributed by atoms with Crippen molar-refractivity contribution in [1.29, 1.82) is 0 Å². The number of aromatic nitrogens is 4. The summed E-state index contributed by atoms with van der Waals surface area (Å²) in [6.07, 6.45) is 1.40. The van der Waals surface area contributed by atoms with Crippen LogP contribution in [0.3, 0.4) is 0 Å². The van der Waals surface area contributed by atoms with E-state index in [1.165, 1.54) is 6.33 Å². The van der Waals surface area contributed by atoms with E-state index < -0.39 is 0 Å². The van der Waals surface area contributed by atoms with Gasteiger partial charge in [-0.1, -0.05) is 0 Å². The minimum absolute atomic E-state index is 0. The minimum atomic E-state index is 0. The van der Waals surface area contributed by atoms with E-state index in [1.54, 1.807) is 0 Å². The van der Waals surface area contributed by atoms with Crippen LogP contribution in [0.15, 0.2) is 6.33 Å². The molecule has 35 valence electrons. The molecule has 0 saturated carbocycles. The van der Waals surface area contributed by atoms with Gasteiger partial charge in [-0.2, -0.15) is 0 Å². The molecule has 0 unspecified atom stereocenters. The summed E-state index contributed by atoms with van der Waals surface area (Å²) >= 11 is 0. The predicted octanol–water partition coefficient (Wildman–Crippen LogP) is -0.803. The van der Waals surface area contributed by atoms with Crippen LogP contribution in [0, 0.1) is 0 Å². The van der Waals surface area contributed by atoms with Crippen LogP contribution in [0.25, 0.3) is 0 Å². The Kier molecular flexibility index (Phi) is 2.60. The van der Waals surface area contributed by atoms with Crippen LogP contribution < -0.4 is 0 Å². The smallest absolute Gasteiger partial charge is 0.135 e. The molecule has 0 fully saturated rings. The second-order valence-electron chi connectivity index (χ2n) is 0.563. The normalized spacial score (nSPS) is 6.67. The molecule has 0 aliphatic heterocycles. The number of aromatic amines is 1. The average molecular weight is 129 g/mol. The van der Waals surface area contributed by atoms with E-state index in [-0.39, 0.29) is 16.8 Å². The van der Waals surface area contributed by atoms with Gasteiger partial charge >= 0.3 is 0 Å². The summed E-state index contributed by atoms with van der Waals surface area (Å²) in [6, 6.07) is 0. The second kappa shape index (κ2) is 2.80. The molecule has 0 atom stereocenters. The number of hydrogen-bond acceptors (Lipinski definition) is 3. The minimum Gasteiger partial charge on any atom is -0.246 e. The molecule has 0 aliphatic carbocycles. The van der Waals surface area contributed by atoms with E-state index >= 15 is 0 Å². The molecular weight excluding hydrogens is 127 g/mol. The van der Waals surface area contributed by atoms with Crippen molar-refractivity contribution in [3.05, 3.63) is 6.33 Å². The van der Waals surface area contributed by atoms with Crippen molar-refractivity contribution in [2.24, 2.45) is 0 Å². The van der Waals surface area contributed by atoms with Gasteiger partial charge in [-0.05, 0) is 10.4 Å². The first kappa shape index (κ1) is 5.58. The topological polar surface area (TPSA) is 54.5 Å². The quantitative estimate of drug-likeness (QED) is 0.498. The Bertz CT molecular complexity index is 64.0.